The van der Waals surface area contributed by atoms with Crippen LogP contribution in [0, 0.1) is 6.92 Å². The monoisotopic (exact) mass is 504 g/mol. The van der Waals surface area contributed by atoms with E-state index >= 15 is 0 Å². The van der Waals surface area contributed by atoms with Crippen molar-refractivity contribution in [3.8, 4) is 0 Å². The van der Waals surface area contributed by atoms with Crippen molar-refractivity contribution in [1.29, 1.82) is 0 Å². The van der Waals surface area contributed by atoms with Crippen molar-refractivity contribution in [2.45, 2.75) is 50.5 Å². The summed E-state index contributed by atoms with van der Waals surface area (Å²) in [6.45, 7) is 3.68. The number of carboxylic acids is 1. The summed E-state index contributed by atoms with van der Waals surface area (Å²) in [5.41, 5.74) is 4.31. The molecule has 0 radical (unpaired) electrons. The number of piperidine rings is 1. The third-order valence-corrected chi connectivity index (χ3v) is 7.87. The van der Waals surface area contributed by atoms with Crippen LogP contribution in [0.2, 0.25) is 5.02 Å². The maximum absolute atomic E-state index is 12.8. The fraction of sp³-hybridized carbons (Fsp3) is 0.417. The Bertz CT molecular complexity index is 998. The summed E-state index contributed by atoms with van der Waals surface area (Å²) < 4.78 is 1.05. The van der Waals surface area contributed by atoms with Crippen LogP contribution in [0.5, 0.6) is 0 Å². The number of aryl methyl sites for hydroxylation is 1. The number of carbonyl (C=O) groups excluding carboxylic acids is 1. The number of halogens is 2. The van der Waals surface area contributed by atoms with Crippen molar-refractivity contribution >= 4 is 39.5 Å². The van der Waals surface area contributed by atoms with E-state index in [1.165, 1.54) is 5.56 Å². The number of carbonyl (C=O) groups is 2. The molecule has 0 aromatic heterocycles. The third kappa shape index (κ3) is 4.33. The molecule has 1 spiro atoms. The molecule has 2 aliphatic rings. The molecule has 1 aliphatic carbocycles. The summed E-state index contributed by atoms with van der Waals surface area (Å²) in [5.74, 6) is -0.742. The minimum absolute atomic E-state index is 0.0218. The maximum atomic E-state index is 12.8. The minimum atomic E-state index is -0.764. The number of rotatable bonds is 4. The van der Waals surface area contributed by atoms with E-state index in [4.69, 9.17) is 11.6 Å². The molecule has 1 fully saturated rings. The molecule has 7 heteroatoms. The standard InChI is InChI=1S/C24H26BrClN2O3/c1-15-4-2-7-20(26)18(15)14-27-23(31)28-10-8-24(9-11-28)13-16(12-21(29)30)17-5-3-6-19(25)22(17)24/h2-7,16H,8-14H2,1H3,(H,27,31)(H,29,30). The number of amides is 2. The first-order valence-corrected chi connectivity index (χ1v) is 11.8. The van der Waals surface area contributed by atoms with E-state index in [1.807, 2.05) is 42.2 Å². The van der Waals surface area contributed by atoms with E-state index in [0.29, 0.717) is 24.7 Å². The van der Waals surface area contributed by atoms with Crippen molar-refractivity contribution < 1.29 is 14.7 Å². The predicted octanol–water partition coefficient (Wildman–Crippen LogP) is 5.62. The number of fused-ring (bicyclic) bond motifs is 2. The molecule has 2 amide bonds. The van der Waals surface area contributed by atoms with Gasteiger partial charge in [0, 0.05) is 34.5 Å². The molecule has 2 N–H and O–H groups in total. The Labute approximate surface area is 195 Å². The average molecular weight is 506 g/mol. The number of benzene rings is 2. The zero-order valence-corrected chi connectivity index (χ0v) is 19.8. The molecule has 0 bridgehead atoms. The van der Waals surface area contributed by atoms with Gasteiger partial charge in [-0.25, -0.2) is 4.79 Å². The fourth-order valence-electron chi connectivity index (χ4n) is 5.28. The Morgan fingerprint density at radius 1 is 1.23 bits per heavy atom. The second-order valence-corrected chi connectivity index (χ2v) is 9.93. The summed E-state index contributed by atoms with van der Waals surface area (Å²) in [5, 5.41) is 13.1. The van der Waals surface area contributed by atoms with Gasteiger partial charge in [-0.2, -0.15) is 0 Å². The van der Waals surface area contributed by atoms with Gasteiger partial charge >= 0.3 is 12.0 Å². The summed E-state index contributed by atoms with van der Waals surface area (Å²) in [6, 6.07) is 11.7. The second kappa shape index (κ2) is 8.83. The van der Waals surface area contributed by atoms with E-state index in [2.05, 4.69) is 27.3 Å². The molecule has 1 atom stereocenters. The van der Waals surface area contributed by atoms with E-state index in [1.54, 1.807) is 0 Å². The van der Waals surface area contributed by atoms with E-state index < -0.39 is 5.97 Å². The lowest BCUT2D eigenvalue weighted by Gasteiger charge is -2.40. The normalized spacial score (nSPS) is 19.3. The number of likely N-dealkylation sites (tertiary alicyclic amines) is 1. The summed E-state index contributed by atoms with van der Waals surface area (Å²) in [6.07, 6.45) is 2.63. The van der Waals surface area contributed by atoms with Gasteiger partial charge in [-0.05, 0) is 66.5 Å². The number of hydrogen-bond donors (Lipinski definition) is 2. The molecular formula is C24H26BrClN2O3. The zero-order valence-electron chi connectivity index (χ0n) is 17.5. The molecule has 5 nitrogen and oxygen atoms in total. The molecule has 164 valence electrons. The number of aliphatic carboxylic acids is 1. The first-order chi connectivity index (χ1) is 14.8. The molecule has 2 aromatic rings. The van der Waals surface area contributed by atoms with Gasteiger partial charge < -0.3 is 15.3 Å². The second-order valence-electron chi connectivity index (χ2n) is 8.66. The van der Waals surface area contributed by atoms with Crippen LogP contribution in [0.25, 0.3) is 0 Å². The molecule has 1 heterocycles. The Balaban J connectivity index is 1.45. The van der Waals surface area contributed by atoms with Crippen LogP contribution < -0.4 is 5.32 Å². The van der Waals surface area contributed by atoms with Crippen LogP contribution in [0.15, 0.2) is 40.9 Å². The van der Waals surface area contributed by atoms with Crippen molar-refractivity contribution in [2.75, 3.05) is 13.1 Å². The zero-order chi connectivity index (χ0) is 22.2. The number of urea groups is 1. The van der Waals surface area contributed by atoms with Gasteiger partial charge in [-0.3, -0.25) is 4.79 Å². The highest BCUT2D eigenvalue weighted by Gasteiger charge is 2.47. The summed E-state index contributed by atoms with van der Waals surface area (Å²) in [4.78, 5) is 26.1. The molecule has 31 heavy (non-hydrogen) atoms. The van der Waals surface area contributed by atoms with Crippen molar-refractivity contribution in [2.24, 2.45) is 0 Å². The number of hydrogen-bond acceptors (Lipinski definition) is 2. The lowest BCUT2D eigenvalue weighted by Crippen LogP contribution is -2.48. The minimum Gasteiger partial charge on any atom is -0.481 e. The Kier molecular flexibility index (Phi) is 6.31. The molecular weight excluding hydrogens is 480 g/mol. The van der Waals surface area contributed by atoms with E-state index in [0.717, 1.165) is 40.4 Å². The predicted molar refractivity (Wildman–Crippen MR) is 125 cm³/mol. The fourth-order valence-corrected chi connectivity index (χ4v) is 6.37. The van der Waals surface area contributed by atoms with Crippen molar-refractivity contribution in [1.82, 2.24) is 10.2 Å². The largest absolute Gasteiger partial charge is 0.481 e. The Morgan fingerprint density at radius 3 is 2.61 bits per heavy atom. The topological polar surface area (TPSA) is 69.6 Å². The lowest BCUT2D eigenvalue weighted by molar-refractivity contribution is -0.137. The molecule has 0 saturated carbocycles. The summed E-state index contributed by atoms with van der Waals surface area (Å²) >= 11 is 9.99. The van der Waals surface area contributed by atoms with Gasteiger partial charge in [-0.1, -0.05) is 51.8 Å². The SMILES string of the molecule is Cc1cccc(Cl)c1CNC(=O)N1CCC2(CC1)CC(CC(=O)O)c1cccc(Br)c12. The van der Waals surface area contributed by atoms with Crippen LogP contribution in [-0.2, 0) is 16.8 Å². The Hall–Kier alpha value is -2.05. The van der Waals surface area contributed by atoms with Gasteiger partial charge in [0.1, 0.15) is 0 Å². The Morgan fingerprint density at radius 2 is 1.94 bits per heavy atom. The van der Waals surface area contributed by atoms with Gasteiger partial charge in [0.2, 0.25) is 0 Å². The van der Waals surface area contributed by atoms with Gasteiger partial charge in [-0.15, -0.1) is 0 Å². The highest BCUT2D eigenvalue weighted by atomic mass is 79.9. The van der Waals surface area contributed by atoms with Gasteiger partial charge in [0.15, 0.2) is 0 Å². The first-order valence-electron chi connectivity index (χ1n) is 10.6. The van der Waals surface area contributed by atoms with Gasteiger partial charge in [0.05, 0.1) is 6.42 Å². The van der Waals surface area contributed by atoms with Crippen LogP contribution in [0.3, 0.4) is 0 Å². The van der Waals surface area contributed by atoms with Gasteiger partial charge in [0.25, 0.3) is 0 Å². The number of carboxylic acid groups (broad SMARTS) is 1. The molecule has 1 saturated heterocycles. The number of nitrogens with one attached hydrogen (secondary N) is 1. The average Bonchev–Trinajstić information content (AvgIpc) is 3.01. The van der Waals surface area contributed by atoms with Crippen molar-refractivity contribution in [3.63, 3.8) is 0 Å². The lowest BCUT2D eigenvalue weighted by atomic mass is 9.73. The number of nitrogens with zero attached hydrogens (tertiary/aromatic N) is 1. The van der Waals surface area contributed by atoms with Crippen LogP contribution in [-0.4, -0.2) is 35.1 Å². The van der Waals surface area contributed by atoms with E-state index in [9.17, 15) is 14.7 Å². The molecule has 1 unspecified atom stereocenters. The van der Waals surface area contributed by atoms with Crippen LogP contribution in [0.1, 0.15) is 53.9 Å². The molecule has 1 aliphatic heterocycles. The van der Waals surface area contributed by atoms with Crippen LogP contribution >= 0.6 is 27.5 Å². The highest BCUT2D eigenvalue weighted by Crippen LogP contribution is 2.54. The summed E-state index contributed by atoms with van der Waals surface area (Å²) in [7, 11) is 0. The maximum Gasteiger partial charge on any atom is 0.317 e. The van der Waals surface area contributed by atoms with Crippen LogP contribution in [0.4, 0.5) is 4.79 Å². The highest BCUT2D eigenvalue weighted by molar-refractivity contribution is 9.10. The van der Waals surface area contributed by atoms with E-state index in [-0.39, 0.29) is 23.8 Å². The van der Waals surface area contributed by atoms with Crippen molar-refractivity contribution in [3.05, 3.63) is 68.1 Å². The third-order valence-electron chi connectivity index (χ3n) is 6.85. The molecule has 2 aromatic carbocycles. The first kappa shape index (κ1) is 22.2. The molecule has 4 rings (SSSR count). The smallest absolute Gasteiger partial charge is 0.317 e. The quantitative estimate of drug-likeness (QED) is 0.567.